The van der Waals surface area contributed by atoms with Crippen molar-refractivity contribution in [3.63, 3.8) is 0 Å². The fraction of sp³-hybridized carbons (Fsp3) is 0.500. The number of likely N-dealkylation sites (N-methyl/N-ethyl adjacent to an activating group) is 1. The Balaban J connectivity index is 1.38. The van der Waals surface area contributed by atoms with Crippen LogP contribution in [0.25, 0.3) is 10.9 Å². The molecule has 2 saturated heterocycles. The first-order valence-corrected chi connectivity index (χ1v) is 16.5. The summed E-state index contributed by atoms with van der Waals surface area (Å²) in [5, 5.41) is 13.5. The van der Waals surface area contributed by atoms with E-state index in [1.807, 2.05) is 39.0 Å². The molecule has 0 spiro atoms. The second-order valence-electron chi connectivity index (χ2n) is 13.3. The average molecular weight is 665 g/mol. The maximum absolute atomic E-state index is 13.9. The predicted octanol–water partition coefficient (Wildman–Crippen LogP) is 4.70. The molecule has 5 rings (SSSR count). The number of anilines is 4. The van der Waals surface area contributed by atoms with Crippen molar-refractivity contribution in [2.45, 2.75) is 71.5 Å². The largest absolute Gasteiger partial charge is 0.494 e. The van der Waals surface area contributed by atoms with E-state index >= 15 is 0 Å². The summed E-state index contributed by atoms with van der Waals surface area (Å²) in [4.78, 5) is 53.2. The van der Waals surface area contributed by atoms with Crippen molar-refractivity contribution in [1.29, 1.82) is 0 Å². The zero-order chi connectivity index (χ0) is 33.9. The minimum absolute atomic E-state index is 0.279. The number of carbonyl (C=O) groups is 3. The molecule has 3 atom stereocenters. The number of aromatic nitrogens is 2. The van der Waals surface area contributed by atoms with E-state index in [1.165, 1.54) is 13.4 Å². The third-order valence-corrected chi connectivity index (χ3v) is 9.24. The number of halogens is 1. The van der Waals surface area contributed by atoms with Gasteiger partial charge in [0.05, 0.1) is 35.1 Å². The van der Waals surface area contributed by atoms with Crippen LogP contribution in [0, 0.1) is 5.41 Å². The van der Waals surface area contributed by atoms with Crippen LogP contribution in [-0.4, -0.2) is 84.5 Å². The number of likely N-dealkylation sites (tertiary alicyclic amines) is 1. The lowest BCUT2D eigenvalue weighted by atomic mass is 9.85. The number of hydrogen-bond donors (Lipinski definition) is 4. The Morgan fingerprint density at radius 3 is 2.45 bits per heavy atom. The van der Waals surface area contributed by atoms with Crippen molar-refractivity contribution in [2.75, 3.05) is 49.3 Å². The van der Waals surface area contributed by atoms with E-state index < -0.39 is 23.5 Å². The number of rotatable bonds is 10. The second-order valence-corrected chi connectivity index (χ2v) is 13.7. The van der Waals surface area contributed by atoms with Crippen molar-refractivity contribution in [3.05, 3.63) is 41.7 Å². The standard InChI is InChI=1S/C34H45ClN8O4/c1-20(36-5)31(44)41-29(34(2,3)4)33(46)43-15-9-10-27(43)32(45)40-25-17-22-24(18-28(25)47-6)37-19-38-30(22)39-21-11-12-26(23(35)16-21)42-13-7-8-14-42/h11-12,16-20,27,29,36H,7-10,13-15H2,1-6H3,(H,40,45)(H,41,44)(H,37,38,39)/t20-,27-,29+/m0/s1. The van der Waals surface area contributed by atoms with Crippen LogP contribution in [0.5, 0.6) is 5.75 Å². The van der Waals surface area contributed by atoms with Crippen molar-refractivity contribution in [1.82, 2.24) is 25.5 Å². The van der Waals surface area contributed by atoms with Gasteiger partial charge < -0.3 is 35.8 Å². The molecular weight excluding hydrogens is 620 g/mol. The Kier molecular flexibility index (Phi) is 10.4. The van der Waals surface area contributed by atoms with Crippen LogP contribution in [0.3, 0.4) is 0 Å². The molecule has 47 heavy (non-hydrogen) atoms. The Bertz CT molecular complexity index is 1640. The van der Waals surface area contributed by atoms with Gasteiger partial charge in [-0.25, -0.2) is 9.97 Å². The maximum Gasteiger partial charge on any atom is 0.247 e. The van der Waals surface area contributed by atoms with E-state index in [1.54, 1.807) is 31.0 Å². The van der Waals surface area contributed by atoms with Crippen molar-refractivity contribution in [2.24, 2.45) is 5.41 Å². The summed E-state index contributed by atoms with van der Waals surface area (Å²) in [6.07, 6.45) is 4.94. The second kappa shape index (κ2) is 14.3. The molecule has 2 aromatic carbocycles. The first-order valence-electron chi connectivity index (χ1n) is 16.1. The SMILES string of the molecule is CN[C@@H](C)C(=O)N[C@H](C(=O)N1CCC[C@H]1C(=O)Nc1cc2c(Nc3ccc(N4CCCC4)c(Cl)c3)ncnc2cc1OC)C(C)(C)C. The highest BCUT2D eigenvalue weighted by atomic mass is 35.5. The van der Waals surface area contributed by atoms with E-state index in [2.05, 4.69) is 36.1 Å². The molecule has 13 heteroatoms. The first kappa shape index (κ1) is 34.2. The summed E-state index contributed by atoms with van der Waals surface area (Å²) in [6, 6.07) is 7.39. The Morgan fingerprint density at radius 2 is 1.79 bits per heavy atom. The number of fused-ring (bicyclic) bond motifs is 1. The fourth-order valence-corrected chi connectivity index (χ4v) is 6.42. The molecule has 0 saturated carbocycles. The summed E-state index contributed by atoms with van der Waals surface area (Å²) >= 11 is 6.67. The number of nitrogens with one attached hydrogen (secondary N) is 4. The van der Waals surface area contributed by atoms with Gasteiger partial charge in [0.15, 0.2) is 0 Å². The van der Waals surface area contributed by atoms with Gasteiger partial charge in [-0.3, -0.25) is 14.4 Å². The Morgan fingerprint density at radius 1 is 1.04 bits per heavy atom. The van der Waals surface area contributed by atoms with Crippen LogP contribution in [-0.2, 0) is 14.4 Å². The van der Waals surface area contributed by atoms with Crippen LogP contribution >= 0.6 is 11.6 Å². The van der Waals surface area contributed by atoms with Crippen LogP contribution in [0.2, 0.25) is 5.02 Å². The molecule has 0 bridgehead atoms. The third kappa shape index (κ3) is 7.54. The van der Waals surface area contributed by atoms with Crippen LogP contribution < -0.4 is 30.9 Å². The lowest BCUT2D eigenvalue weighted by Crippen LogP contribution is -2.59. The van der Waals surface area contributed by atoms with Gasteiger partial charge in [0.2, 0.25) is 17.7 Å². The van der Waals surface area contributed by atoms with Gasteiger partial charge >= 0.3 is 0 Å². The lowest BCUT2D eigenvalue weighted by molar-refractivity contribution is -0.143. The molecule has 0 radical (unpaired) electrons. The van der Waals surface area contributed by atoms with Crippen molar-refractivity contribution < 1.29 is 19.1 Å². The highest BCUT2D eigenvalue weighted by Gasteiger charge is 2.42. The normalized spacial score (nSPS) is 17.8. The number of ether oxygens (including phenoxy) is 1. The van der Waals surface area contributed by atoms with Crippen LogP contribution in [0.4, 0.5) is 22.9 Å². The monoisotopic (exact) mass is 664 g/mol. The van der Waals surface area contributed by atoms with E-state index in [4.69, 9.17) is 16.3 Å². The predicted molar refractivity (Wildman–Crippen MR) is 186 cm³/mol. The molecule has 0 aliphatic carbocycles. The zero-order valence-corrected chi connectivity index (χ0v) is 28.7. The molecule has 3 aromatic rings. The summed E-state index contributed by atoms with van der Waals surface area (Å²) < 4.78 is 5.64. The molecule has 252 valence electrons. The Labute approximate surface area is 281 Å². The average Bonchev–Trinajstić information content (AvgIpc) is 3.76. The number of benzene rings is 2. The minimum atomic E-state index is -0.807. The molecule has 4 N–H and O–H groups in total. The molecule has 12 nitrogen and oxygen atoms in total. The topological polar surface area (TPSA) is 141 Å². The van der Waals surface area contributed by atoms with Crippen LogP contribution in [0.1, 0.15) is 53.4 Å². The number of carbonyl (C=O) groups excluding carboxylic acids is 3. The molecule has 2 aliphatic rings. The molecular formula is C34H45ClN8O4. The fourth-order valence-electron chi connectivity index (χ4n) is 6.12. The zero-order valence-electron chi connectivity index (χ0n) is 27.9. The molecule has 3 amide bonds. The number of nitrogens with zero attached hydrogens (tertiary/aromatic N) is 4. The van der Waals surface area contributed by atoms with Crippen LogP contribution in [0.15, 0.2) is 36.7 Å². The van der Waals surface area contributed by atoms with Gasteiger partial charge in [-0.15, -0.1) is 0 Å². The highest BCUT2D eigenvalue weighted by molar-refractivity contribution is 6.33. The number of hydrogen-bond acceptors (Lipinski definition) is 9. The van der Waals surface area contributed by atoms with Gasteiger partial charge in [0.1, 0.15) is 30.0 Å². The summed E-state index contributed by atoms with van der Waals surface area (Å²) in [6.45, 7) is 9.83. The smallest absolute Gasteiger partial charge is 0.247 e. The van der Waals surface area contributed by atoms with Gasteiger partial charge in [-0.1, -0.05) is 32.4 Å². The molecule has 3 heterocycles. The number of methoxy groups -OCH3 is 1. The molecule has 2 fully saturated rings. The lowest BCUT2D eigenvalue weighted by Gasteiger charge is -2.36. The third-order valence-electron chi connectivity index (χ3n) is 8.94. The van der Waals surface area contributed by atoms with E-state index in [-0.39, 0.29) is 17.7 Å². The summed E-state index contributed by atoms with van der Waals surface area (Å²) in [7, 11) is 3.21. The highest BCUT2D eigenvalue weighted by Crippen LogP contribution is 2.36. The Hall–Kier alpha value is -4.16. The molecule has 0 unspecified atom stereocenters. The van der Waals surface area contributed by atoms with Crippen molar-refractivity contribution >= 4 is 63.1 Å². The first-order chi connectivity index (χ1) is 22.4. The van der Waals surface area contributed by atoms with E-state index in [0.29, 0.717) is 52.6 Å². The molecule has 2 aliphatic heterocycles. The molecule has 1 aromatic heterocycles. The van der Waals surface area contributed by atoms with Gasteiger partial charge in [-0.2, -0.15) is 0 Å². The van der Waals surface area contributed by atoms with Gasteiger partial charge in [-0.05, 0) is 69.3 Å². The minimum Gasteiger partial charge on any atom is -0.494 e. The quantitative estimate of drug-likeness (QED) is 0.243. The maximum atomic E-state index is 13.9. The van der Waals surface area contributed by atoms with Gasteiger partial charge in [0, 0.05) is 36.8 Å². The number of amides is 3. The van der Waals surface area contributed by atoms with Gasteiger partial charge in [0.25, 0.3) is 0 Å². The summed E-state index contributed by atoms with van der Waals surface area (Å²) in [5.41, 5.74) is 2.25. The van der Waals surface area contributed by atoms with Crippen molar-refractivity contribution in [3.8, 4) is 5.75 Å². The summed E-state index contributed by atoms with van der Waals surface area (Å²) in [5.74, 6) is 0.0530. The van der Waals surface area contributed by atoms with E-state index in [0.717, 1.165) is 37.3 Å². The van der Waals surface area contributed by atoms with E-state index in [9.17, 15) is 14.4 Å².